The predicted molar refractivity (Wildman–Crippen MR) is 101 cm³/mol. The second kappa shape index (κ2) is 6.37. The van der Waals surface area contributed by atoms with Gasteiger partial charge < -0.3 is 0 Å². The Labute approximate surface area is 139 Å². The Morgan fingerprint density at radius 3 is 2.30 bits per heavy atom. The summed E-state index contributed by atoms with van der Waals surface area (Å²) in [6.07, 6.45) is 7.57. The van der Waals surface area contributed by atoms with Crippen LogP contribution >= 0.6 is 0 Å². The molecule has 0 amide bonds. The second-order valence-corrected chi connectivity index (χ2v) is 6.41. The molecule has 0 aromatic heterocycles. The van der Waals surface area contributed by atoms with Crippen molar-refractivity contribution in [3.05, 3.63) is 81.9 Å². The van der Waals surface area contributed by atoms with Crippen molar-refractivity contribution >= 4 is 17.5 Å². The molecule has 1 aliphatic rings. The normalized spacial score (nSPS) is 14.3. The summed E-state index contributed by atoms with van der Waals surface area (Å²) in [6, 6.07) is 12.9. The van der Waals surface area contributed by atoms with Gasteiger partial charge in [-0.25, -0.2) is 0 Å². The van der Waals surface area contributed by atoms with E-state index >= 15 is 0 Å². The van der Waals surface area contributed by atoms with E-state index in [1.807, 2.05) is 6.21 Å². The monoisotopic (exact) mass is 301 g/mol. The number of hydrogen-bond acceptors (Lipinski definition) is 1. The van der Waals surface area contributed by atoms with Crippen molar-refractivity contribution in [3.63, 3.8) is 0 Å². The molecule has 0 radical (unpaired) electrons. The topological polar surface area (TPSA) is 12.4 Å². The van der Waals surface area contributed by atoms with Crippen molar-refractivity contribution in [1.29, 1.82) is 0 Å². The lowest BCUT2D eigenvalue weighted by Crippen LogP contribution is -1.92. The van der Waals surface area contributed by atoms with Crippen LogP contribution in [0.5, 0.6) is 0 Å². The second-order valence-electron chi connectivity index (χ2n) is 6.41. The van der Waals surface area contributed by atoms with Gasteiger partial charge in [-0.2, -0.15) is 0 Å². The SMILES string of the molecule is CC1=CCC(c2ccccc2C=Nc2c(C)cc(C)cc2C)=C1. The fraction of sp³-hybridized carbons (Fsp3) is 0.227. The maximum Gasteiger partial charge on any atom is 0.0688 e. The molecule has 0 fully saturated rings. The van der Waals surface area contributed by atoms with Gasteiger partial charge in [0, 0.05) is 11.8 Å². The Morgan fingerprint density at radius 1 is 0.957 bits per heavy atom. The molecular weight excluding hydrogens is 278 g/mol. The largest absolute Gasteiger partial charge is 0.256 e. The third kappa shape index (κ3) is 3.34. The maximum atomic E-state index is 4.80. The molecule has 3 rings (SSSR count). The molecule has 1 aliphatic carbocycles. The van der Waals surface area contributed by atoms with Crippen LogP contribution in [0.1, 0.15) is 41.2 Å². The van der Waals surface area contributed by atoms with Crippen LogP contribution in [-0.4, -0.2) is 6.21 Å². The number of hydrogen-bond donors (Lipinski definition) is 0. The number of aliphatic imine (C=N–C) groups is 1. The molecule has 0 unspecified atom stereocenters. The first-order chi connectivity index (χ1) is 11.0. The van der Waals surface area contributed by atoms with Gasteiger partial charge in [-0.05, 0) is 56.4 Å². The van der Waals surface area contributed by atoms with E-state index in [4.69, 9.17) is 4.99 Å². The molecule has 0 spiro atoms. The molecule has 2 aromatic carbocycles. The summed E-state index contributed by atoms with van der Waals surface area (Å²) in [5.41, 5.74) is 10.0. The van der Waals surface area contributed by atoms with E-state index < -0.39 is 0 Å². The molecule has 1 heteroatoms. The molecule has 1 nitrogen and oxygen atoms in total. The summed E-state index contributed by atoms with van der Waals surface area (Å²) in [4.78, 5) is 4.80. The van der Waals surface area contributed by atoms with Crippen molar-refractivity contribution in [3.8, 4) is 0 Å². The number of allylic oxidation sites excluding steroid dienone is 4. The Balaban J connectivity index is 1.97. The molecule has 23 heavy (non-hydrogen) atoms. The quantitative estimate of drug-likeness (QED) is 0.608. The van der Waals surface area contributed by atoms with Gasteiger partial charge in [0.05, 0.1) is 5.69 Å². The van der Waals surface area contributed by atoms with Crippen molar-refractivity contribution in [1.82, 2.24) is 0 Å². The van der Waals surface area contributed by atoms with E-state index in [-0.39, 0.29) is 0 Å². The van der Waals surface area contributed by atoms with Crippen LogP contribution in [0.25, 0.3) is 5.57 Å². The highest BCUT2D eigenvalue weighted by Crippen LogP contribution is 2.29. The van der Waals surface area contributed by atoms with E-state index in [1.54, 1.807) is 0 Å². The molecule has 0 atom stereocenters. The minimum absolute atomic E-state index is 1.01. The molecular formula is C22H23N. The summed E-state index contributed by atoms with van der Waals surface area (Å²) in [5, 5.41) is 0. The zero-order valence-corrected chi connectivity index (χ0v) is 14.4. The van der Waals surface area contributed by atoms with E-state index in [0.717, 1.165) is 12.1 Å². The van der Waals surface area contributed by atoms with Crippen molar-refractivity contribution in [2.75, 3.05) is 0 Å². The van der Waals surface area contributed by atoms with E-state index in [9.17, 15) is 0 Å². The number of rotatable bonds is 3. The van der Waals surface area contributed by atoms with Crippen LogP contribution in [0, 0.1) is 20.8 Å². The summed E-state index contributed by atoms with van der Waals surface area (Å²) in [5.74, 6) is 0. The first-order valence-electron chi connectivity index (χ1n) is 8.13. The van der Waals surface area contributed by atoms with Crippen molar-refractivity contribution in [2.24, 2.45) is 4.99 Å². The zero-order valence-electron chi connectivity index (χ0n) is 14.4. The molecule has 0 heterocycles. The van der Waals surface area contributed by atoms with Gasteiger partial charge in [0.1, 0.15) is 0 Å². The Morgan fingerprint density at radius 2 is 1.65 bits per heavy atom. The summed E-state index contributed by atoms with van der Waals surface area (Å²) >= 11 is 0. The average Bonchev–Trinajstić information content (AvgIpc) is 2.93. The zero-order chi connectivity index (χ0) is 16.4. The molecule has 0 saturated heterocycles. The van der Waals surface area contributed by atoms with Crippen LogP contribution in [0.3, 0.4) is 0 Å². The average molecular weight is 301 g/mol. The molecule has 0 saturated carbocycles. The minimum Gasteiger partial charge on any atom is -0.256 e. The molecule has 0 aliphatic heterocycles. The van der Waals surface area contributed by atoms with E-state index in [1.165, 1.54) is 39.0 Å². The Bertz CT molecular complexity index is 812. The first-order valence-corrected chi connectivity index (χ1v) is 8.13. The smallest absolute Gasteiger partial charge is 0.0688 e. The van der Waals surface area contributed by atoms with E-state index in [2.05, 4.69) is 76.2 Å². The minimum atomic E-state index is 1.01. The molecule has 0 bridgehead atoms. The van der Waals surface area contributed by atoms with Gasteiger partial charge in [-0.15, -0.1) is 0 Å². The maximum absolute atomic E-state index is 4.80. The predicted octanol–water partition coefficient (Wildman–Crippen LogP) is 6.10. The fourth-order valence-corrected chi connectivity index (χ4v) is 3.26. The molecule has 2 aromatic rings. The van der Waals surface area contributed by atoms with Crippen LogP contribution in [0.4, 0.5) is 5.69 Å². The third-order valence-electron chi connectivity index (χ3n) is 4.32. The standard InChI is InChI=1S/C22H23N/c1-15-9-10-19(13-15)21-8-6-5-7-20(21)14-23-22-17(3)11-16(2)12-18(22)4/h5-9,11-14H,10H2,1-4H3. The fourth-order valence-electron chi connectivity index (χ4n) is 3.26. The van der Waals surface area contributed by atoms with Gasteiger partial charge >= 0.3 is 0 Å². The van der Waals surface area contributed by atoms with Crippen LogP contribution in [0.2, 0.25) is 0 Å². The van der Waals surface area contributed by atoms with Gasteiger partial charge in [-0.1, -0.05) is 59.7 Å². The van der Waals surface area contributed by atoms with Crippen molar-refractivity contribution < 1.29 is 0 Å². The summed E-state index contributed by atoms with van der Waals surface area (Å²) < 4.78 is 0. The third-order valence-corrected chi connectivity index (χ3v) is 4.32. The lowest BCUT2D eigenvalue weighted by atomic mass is 9.99. The van der Waals surface area contributed by atoms with Gasteiger partial charge in [0.25, 0.3) is 0 Å². The van der Waals surface area contributed by atoms with Crippen molar-refractivity contribution in [2.45, 2.75) is 34.1 Å². The van der Waals surface area contributed by atoms with E-state index in [0.29, 0.717) is 0 Å². The lowest BCUT2D eigenvalue weighted by Gasteiger charge is -2.09. The van der Waals surface area contributed by atoms with Crippen LogP contribution in [0.15, 0.2) is 59.1 Å². The molecule has 0 N–H and O–H groups in total. The summed E-state index contributed by atoms with van der Waals surface area (Å²) in [7, 11) is 0. The van der Waals surface area contributed by atoms with Gasteiger partial charge in [0.2, 0.25) is 0 Å². The van der Waals surface area contributed by atoms with Gasteiger partial charge in [0.15, 0.2) is 0 Å². The number of nitrogens with zero attached hydrogens (tertiary/aromatic N) is 1. The highest BCUT2D eigenvalue weighted by Gasteiger charge is 2.09. The first kappa shape index (κ1) is 15.5. The highest BCUT2D eigenvalue weighted by molar-refractivity contribution is 5.91. The Hall–Kier alpha value is -2.41. The number of benzene rings is 2. The number of aryl methyl sites for hydroxylation is 3. The van der Waals surface area contributed by atoms with Crippen LogP contribution in [-0.2, 0) is 0 Å². The Kier molecular flexibility index (Phi) is 4.29. The molecule has 116 valence electrons. The summed E-state index contributed by atoms with van der Waals surface area (Å²) in [6.45, 7) is 8.55. The lowest BCUT2D eigenvalue weighted by molar-refractivity contribution is 1.29. The highest BCUT2D eigenvalue weighted by atomic mass is 14.7. The van der Waals surface area contributed by atoms with Gasteiger partial charge in [-0.3, -0.25) is 4.99 Å². The van der Waals surface area contributed by atoms with Crippen LogP contribution < -0.4 is 0 Å².